The van der Waals surface area contributed by atoms with E-state index >= 15 is 0 Å². The van der Waals surface area contributed by atoms with Crippen LogP contribution in [0.25, 0.3) is 0 Å². The standard InChI is InChI=1S/C24H25FN4O2/c1-17-3-5-18(6-4-17)11-12-26-23(30)21-15-22-24(31)28(13-2-14-29(22)27-21)16-19-7-9-20(25)10-8-19/h3-10,15H,2,11-14,16H2,1H3,(H,26,30). The van der Waals surface area contributed by atoms with Gasteiger partial charge in [0.1, 0.15) is 11.5 Å². The van der Waals surface area contributed by atoms with E-state index in [4.69, 9.17) is 0 Å². The third-order valence-electron chi connectivity index (χ3n) is 5.42. The number of hydrogen-bond acceptors (Lipinski definition) is 3. The highest BCUT2D eigenvalue weighted by Crippen LogP contribution is 2.17. The molecule has 0 bridgehead atoms. The molecule has 0 saturated heterocycles. The van der Waals surface area contributed by atoms with Gasteiger partial charge < -0.3 is 10.2 Å². The van der Waals surface area contributed by atoms with E-state index in [9.17, 15) is 14.0 Å². The summed E-state index contributed by atoms with van der Waals surface area (Å²) in [6, 6.07) is 15.9. The Morgan fingerprint density at radius 1 is 1.06 bits per heavy atom. The van der Waals surface area contributed by atoms with Gasteiger partial charge in [-0.1, -0.05) is 42.0 Å². The number of nitrogens with one attached hydrogen (secondary N) is 1. The summed E-state index contributed by atoms with van der Waals surface area (Å²) in [5, 5.41) is 7.24. The van der Waals surface area contributed by atoms with E-state index in [-0.39, 0.29) is 23.3 Å². The molecular weight excluding hydrogens is 395 g/mol. The number of aryl methyl sites for hydroxylation is 2. The molecule has 1 aliphatic heterocycles. The molecule has 0 unspecified atom stereocenters. The Balaban J connectivity index is 1.40. The second-order valence-electron chi connectivity index (χ2n) is 7.84. The lowest BCUT2D eigenvalue weighted by atomic mass is 10.1. The highest BCUT2D eigenvalue weighted by Gasteiger charge is 2.26. The quantitative estimate of drug-likeness (QED) is 0.665. The van der Waals surface area contributed by atoms with Gasteiger partial charge in [0, 0.05) is 32.2 Å². The van der Waals surface area contributed by atoms with Crippen LogP contribution in [0.2, 0.25) is 0 Å². The monoisotopic (exact) mass is 420 g/mol. The molecule has 160 valence electrons. The first-order valence-electron chi connectivity index (χ1n) is 10.4. The normalized spacial score (nSPS) is 13.6. The molecule has 3 aromatic rings. The van der Waals surface area contributed by atoms with Crippen LogP contribution in [0.1, 0.15) is 44.1 Å². The number of carbonyl (C=O) groups excluding carboxylic acids is 2. The fourth-order valence-electron chi connectivity index (χ4n) is 3.67. The summed E-state index contributed by atoms with van der Waals surface area (Å²) in [6.07, 6.45) is 1.46. The van der Waals surface area contributed by atoms with E-state index in [1.807, 2.05) is 19.1 Å². The van der Waals surface area contributed by atoms with Crippen LogP contribution in [0.3, 0.4) is 0 Å². The van der Waals surface area contributed by atoms with Crippen molar-refractivity contribution in [2.45, 2.75) is 32.9 Å². The van der Waals surface area contributed by atoms with E-state index in [1.54, 1.807) is 27.8 Å². The number of rotatable bonds is 6. The van der Waals surface area contributed by atoms with Crippen LogP contribution in [0.15, 0.2) is 54.6 Å². The van der Waals surface area contributed by atoms with E-state index in [0.29, 0.717) is 31.9 Å². The highest BCUT2D eigenvalue weighted by molar-refractivity contribution is 5.98. The van der Waals surface area contributed by atoms with Crippen LogP contribution >= 0.6 is 0 Å². The molecule has 7 heteroatoms. The molecule has 31 heavy (non-hydrogen) atoms. The van der Waals surface area contributed by atoms with E-state index in [0.717, 1.165) is 24.0 Å². The number of nitrogens with zero attached hydrogens (tertiary/aromatic N) is 3. The van der Waals surface area contributed by atoms with Gasteiger partial charge in [-0.25, -0.2) is 4.39 Å². The Bertz CT molecular complexity index is 1070. The molecule has 0 saturated carbocycles. The van der Waals surface area contributed by atoms with Gasteiger partial charge in [0.25, 0.3) is 11.8 Å². The van der Waals surface area contributed by atoms with Gasteiger partial charge in [-0.3, -0.25) is 14.3 Å². The molecule has 1 aromatic heterocycles. The molecule has 1 N–H and O–H groups in total. The third-order valence-corrected chi connectivity index (χ3v) is 5.42. The largest absolute Gasteiger partial charge is 0.350 e. The number of benzene rings is 2. The van der Waals surface area contributed by atoms with Crippen molar-refractivity contribution in [3.05, 3.63) is 88.5 Å². The SMILES string of the molecule is Cc1ccc(CCNC(=O)c2cc3n(n2)CCCN(Cc2ccc(F)cc2)C3=O)cc1. The van der Waals surface area contributed by atoms with Gasteiger partial charge in [0.15, 0.2) is 5.69 Å². The van der Waals surface area contributed by atoms with Crippen molar-refractivity contribution in [1.82, 2.24) is 20.0 Å². The Morgan fingerprint density at radius 2 is 1.77 bits per heavy atom. The molecular formula is C24H25FN4O2. The lowest BCUT2D eigenvalue weighted by molar-refractivity contribution is 0.0745. The first-order valence-corrected chi connectivity index (χ1v) is 10.4. The van der Waals surface area contributed by atoms with Gasteiger partial charge in [-0.05, 0) is 43.0 Å². The molecule has 2 amide bonds. The number of aromatic nitrogens is 2. The van der Waals surface area contributed by atoms with Gasteiger partial charge in [-0.2, -0.15) is 5.10 Å². The van der Waals surface area contributed by atoms with Crippen molar-refractivity contribution in [2.24, 2.45) is 0 Å². The average Bonchev–Trinajstić information content (AvgIpc) is 3.14. The van der Waals surface area contributed by atoms with Crippen molar-refractivity contribution in [1.29, 1.82) is 0 Å². The van der Waals surface area contributed by atoms with Crippen LogP contribution in [-0.2, 0) is 19.5 Å². The summed E-state index contributed by atoms with van der Waals surface area (Å²) in [4.78, 5) is 27.3. The molecule has 2 aromatic carbocycles. The molecule has 4 rings (SSSR count). The maximum Gasteiger partial charge on any atom is 0.272 e. The van der Waals surface area contributed by atoms with Gasteiger partial charge in [-0.15, -0.1) is 0 Å². The summed E-state index contributed by atoms with van der Waals surface area (Å²) >= 11 is 0. The third kappa shape index (κ3) is 4.99. The number of carbonyl (C=O) groups is 2. The van der Waals surface area contributed by atoms with E-state index in [2.05, 4.69) is 22.5 Å². The molecule has 0 aliphatic carbocycles. The Kier molecular flexibility index (Phi) is 6.11. The van der Waals surface area contributed by atoms with Gasteiger partial charge >= 0.3 is 0 Å². The minimum Gasteiger partial charge on any atom is -0.350 e. The molecule has 0 fully saturated rings. The smallest absolute Gasteiger partial charge is 0.272 e. The average molecular weight is 420 g/mol. The van der Waals surface area contributed by atoms with Crippen LogP contribution in [0.5, 0.6) is 0 Å². The summed E-state index contributed by atoms with van der Waals surface area (Å²) < 4.78 is 14.8. The number of hydrogen-bond donors (Lipinski definition) is 1. The Morgan fingerprint density at radius 3 is 2.52 bits per heavy atom. The molecule has 0 atom stereocenters. The minimum absolute atomic E-state index is 0.173. The first-order chi connectivity index (χ1) is 15.0. The second-order valence-corrected chi connectivity index (χ2v) is 7.84. The lowest BCUT2D eigenvalue weighted by Gasteiger charge is -2.20. The molecule has 2 heterocycles. The zero-order valence-corrected chi connectivity index (χ0v) is 17.5. The fraction of sp³-hybridized carbons (Fsp3) is 0.292. The predicted molar refractivity (Wildman–Crippen MR) is 115 cm³/mol. The zero-order valence-electron chi connectivity index (χ0n) is 17.5. The summed E-state index contributed by atoms with van der Waals surface area (Å²) in [6.45, 7) is 4.07. The van der Waals surface area contributed by atoms with E-state index in [1.165, 1.54) is 17.7 Å². The second kappa shape index (κ2) is 9.12. The van der Waals surface area contributed by atoms with Crippen LogP contribution < -0.4 is 5.32 Å². The summed E-state index contributed by atoms with van der Waals surface area (Å²) in [7, 11) is 0. The highest BCUT2D eigenvalue weighted by atomic mass is 19.1. The fourth-order valence-corrected chi connectivity index (χ4v) is 3.67. The topological polar surface area (TPSA) is 67.2 Å². The zero-order chi connectivity index (χ0) is 21.8. The predicted octanol–water partition coefficient (Wildman–Crippen LogP) is 3.35. The number of fused-ring (bicyclic) bond motifs is 1. The molecule has 0 radical (unpaired) electrons. The number of amides is 2. The van der Waals surface area contributed by atoms with Crippen molar-refractivity contribution >= 4 is 11.8 Å². The van der Waals surface area contributed by atoms with Crippen molar-refractivity contribution in [3.8, 4) is 0 Å². The van der Waals surface area contributed by atoms with Crippen molar-refractivity contribution < 1.29 is 14.0 Å². The van der Waals surface area contributed by atoms with Crippen LogP contribution in [-0.4, -0.2) is 39.6 Å². The van der Waals surface area contributed by atoms with Crippen molar-refractivity contribution in [2.75, 3.05) is 13.1 Å². The summed E-state index contributed by atoms with van der Waals surface area (Å²) in [5.74, 6) is -0.763. The molecule has 6 nitrogen and oxygen atoms in total. The first kappa shape index (κ1) is 20.8. The van der Waals surface area contributed by atoms with E-state index < -0.39 is 0 Å². The molecule has 0 spiro atoms. The minimum atomic E-state index is -0.304. The summed E-state index contributed by atoms with van der Waals surface area (Å²) in [5.41, 5.74) is 3.86. The van der Waals surface area contributed by atoms with Gasteiger partial charge in [0.2, 0.25) is 0 Å². The maximum absolute atomic E-state index is 13.2. The lowest BCUT2D eigenvalue weighted by Crippen LogP contribution is -2.30. The molecule has 1 aliphatic rings. The van der Waals surface area contributed by atoms with Crippen LogP contribution in [0, 0.1) is 12.7 Å². The Hall–Kier alpha value is -3.48. The van der Waals surface area contributed by atoms with Gasteiger partial charge in [0.05, 0.1) is 0 Å². The number of halogens is 1. The Labute approximate surface area is 180 Å². The maximum atomic E-state index is 13.2. The van der Waals surface area contributed by atoms with Crippen LogP contribution in [0.4, 0.5) is 4.39 Å². The van der Waals surface area contributed by atoms with Crippen molar-refractivity contribution in [3.63, 3.8) is 0 Å².